The second kappa shape index (κ2) is 4.64. The molecule has 1 rings (SSSR count). The number of halogens is 1. The Morgan fingerprint density at radius 3 is 2.64 bits per heavy atom. The smallest absolute Gasteiger partial charge is 0.126 e. The van der Waals surface area contributed by atoms with Crippen molar-refractivity contribution in [1.29, 1.82) is 0 Å². The van der Waals surface area contributed by atoms with E-state index in [1.807, 2.05) is 0 Å². The molecule has 0 spiro atoms. The van der Waals surface area contributed by atoms with Gasteiger partial charge in [-0.3, -0.25) is 0 Å². The van der Waals surface area contributed by atoms with Gasteiger partial charge in [0.1, 0.15) is 5.75 Å². The summed E-state index contributed by atoms with van der Waals surface area (Å²) in [5.41, 5.74) is 6.14. The molecule has 0 amide bonds. The third kappa shape index (κ3) is 2.18. The fraction of sp³-hybridized carbons (Fsp3) is 0.400. The van der Waals surface area contributed by atoms with Gasteiger partial charge in [-0.15, -0.1) is 0 Å². The van der Waals surface area contributed by atoms with E-state index in [4.69, 9.17) is 22.1 Å². The van der Waals surface area contributed by atoms with Gasteiger partial charge in [0.25, 0.3) is 0 Å². The maximum atomic E-state index is 9.80. The molecule has 0 heterocycles. The van der Waals surface area contributed by atoms with E-state index >= 15 is 0 Å². The number of benzene rings is 1. The summed E-state index contributed by atoms with van der Waals surface area (Å²) in [4.78, 5) is 0. The van der Waals surface area contributed by atoms with Gasteiger partial charge >= 0.3 is 0 Å². The summed E-state index contributed by atoms with van der Waals surface area (Å²) in [6.45, 7) is 1.72. The van der Waals surface area contributed by atoms with Gasteiger partial charge in [0, 0.05) is 11.6 Å². The summed E-state index contributed by atoms with van der Waals surface area (Å²) in [6.07, 6.45) is -0.807. The van der Waals surface area contributed by atoms with E-state index in [1.54, 1.807) is 25.1 Å². The molecule has 0 radical (unpaired) electrons. The zero-order valence-electron chi connectivity index (χ0n) is 8.20. The van der Waals surface area contributed by atoms with Crippen molar-refractivity contribution in [2.45, 2.75) is 19.1 Å². The molecule has 0 aliphatic carbocycles. The van der Waals surface area contributed by atoms with Crippen molar-refractivity contribution in [1.82, 2.24) is 0 Å². The minimum absolute atomic E-state index is 0.385. The molecule has 0 saturated heterocycles. The zero-order valence-corrected chi connectivity index (χ0v) is 8.95. The highest BCUT2D eigenvalue weighted by molar-refractivity contribution is 6.31. The van der Waals surface area contributed by atoms with Crippen LogP contribution in [0.5, 0.6) is 5.75 Å². The molecule has 0 saturated carbocycles. The summed E-state index contributed by atoms with van der Waals surface area (Å²) >= 11 is 5.95. The van der Waals surface area contributed by atoms with Crippen LogP contribution in [0.1, 0.15) is 18.6 Å². The van der Waals surface area contributed by atoms with Crippen LogP contribution in [0.3, 0.4) is 0 Å². The predicted octanol–water partition coefficient (Wildman–Crippen LogP) is 1.73. The van der Waals surface area contributed by atoms with E-state index < -0.39 is 6.10 Å². The van der Waals surface area contributed by atoms with Crippen LogP contribution in [0.4, 0.5) is 0 Å². The van der Waals surface area contributed by atoms with Crippen molar-refractivity contribution < 1.29 is 9.84 Å². The maximum Gasteiger partial charge on any atom is 0.126 e. The monoisotopic (exact) mass is 215 g/mol. The highest BCUT2D eigenvalue weighted by Crippen LogP contribution is 2.32. The van der Waals surface area contributed by atoms with Gasteiger partial charge in [0.15, 0.2) is 0 Å². The predicted molar refractivity (Wildman–Crippen MR) is 56.6 cm³/mol. The summed E-state index contributed by atoms with van der Waals surface area (Å²) in [5.74, 6) is 0.558. The molecule has 4 heteroatoms. The summed E-state index contributed by atoms with van der Waals surface area (Å²) < 4.78 is 5.10. The van der Waals surface area contributed by atoms with Gasteiger partial charge < -0.3 is 15.6 Å². The minimum Gasteiger partial charge on any atom is -0.496 e. The highest BCUT2D eigenvalue weighted by atomic mass is 35.5. The van der Waals surface area contributed by atoms with E-state index in [2.05, 4.69) is 0 Å². The second-order valence-electron chi connectivity index (χ2n) is 3.16. The molecular weight excluding hydrogens is 202 g/mol. The minimum atomic E-state index is -0.807. The van der Waals surface area contributed by atoms with Crippen molar-refractivity contribution in [2.24, 2.45) is 5.73 Å². The molecule has 1 aromatic rings. The van der Waals surface area contributed by atoms with Gasteiger partial charge in [-0.25, -0.2) is 0 Å². The molecule has 1 aromatic carbocycles. The Morgan fingerprint density at radius 2 is 2.14 bits per heavy atom. The van der Waals surface area contributed by atoms with Crippen LogP contribution in [-0.2, 0) is 0 Å². The molecule has 78 valence electrons. The van der Waals surface area contributed by atoms with E-state index in [-0.39, 0.29) is 6.04 Å². The lowest BCUT2D eigenvalue weighted by Gasteiger charge is -2.18. The lowest BCUT2D eigenvalue weighted by molar-refractivity contribution is 0.149. The Bertz CT molecular complexity index is 315. The van der Waals surface area contributed by atoms with Crippen molar-refractivity contribution >= 4 is 11.6 Å². The Labute approximate surface area is 88.4 Å². The summed E-state index contributed by atoms with van der Waals surface area (Å²) in [6, 6.07) is 4.82. The van der Waals surface area contributed by atoms with Crippen LogP contribution in [0, 0.1) is 0 Å². The van der Waals surface area contributed by atoms with Crippen LogP contribution in [0.25, 0.3) is 0 Å². The van der Waals surface area contributed by atoms with Crippen molar-refractivity contribution in [3.05, 3.63) is 28.8 Å². The van der Waals surface area contributed by atoms with Gasteiger partial charge in [-0.2, -0.15) is 0 Å². The molecule has 0 fully saturated rings. The normalized spacial score (nSPS) is 14.9. The standard InChI is InChI=1S/C10H14ClNO2/c1-6(12)10(13)9-7(11)4-3-5-8(9)14-2/h3-6,10,13H,12H2,1-2H3/t6-,10-/m0/s1. The number of methoxy groups -OCH3 is 1. The first kappa shape index (κ1) is 11.3. The lowest BCUT2D eigenvalue weighted by Crippen LogP contribution is -2.25. The Morgan fingerprint density at radius 1 is 1.50 bits per heavy atom. The Balaban J connectivity index is 3.16. The molecule has 0 unspecified atom stereocenters. The molecule has 0 aromatic heterocycles. The van der Waals surface area contributed by atoms with E-state index in [9.17, 15) is 5.11 Å². The number of nitrogens with two attached hydrogens (primary N) is 1. The van der Waals surface area contributed by atoms with E-state index in [0.717, 1.165) is 0 Å². The molecule has 3 nitrogen and oxygen atoms in total. The second-order valence-corrected chi connectivity index (χ2v) is 3.57. The van der Waals surface area contributed by atoms with Crippen LogP contribution >= 0.6 is 11.6 Å². The number of hydrogen-bond donors (Lipinski definition) is 2. The first-order valence-corrected chi connectivity index (χ1v) is 4.71. The lowest BCUT2D eigenvalue weighted by atomic mass is 10.0. The fourth-order valence-electron chi connectivity index (χ4n) is 1.25. The third-order valence-electron chi connectivity index (χ3n) is 2.03. The van der Waals surface area contributed by atoms with Crippen LogP contribution in [0.15, 0.2) is 18.2 Å². The van der Waals surface area contributed by atoms with E-state index in [0.29, 0.717) is 16.3 Å². The van der Waals surface area contributed by atoms with Gasteiger partial charge in [0.2, 0.25) is 0 Å². The maximum absolute atomic E-state index is 9.80. The number of aliphatic hydroxyl groups excluding tert-OH is 1. The van der Waals surface area contributed by atoms with E-state index in [1.165, 1.54) is 7.11 Å². The molecule has 3 N–H and O–H groups in total. The molecular formula is C10H14ClNO2. The highest BCUT2D eigenvalue weighted by Gasteiger charge is 2.19. The van der Waals surface area contributed by atoms with Crippen molar-refractivity contribution in [3.63, 3.8) is 0 Å². The number of rotatable bonds is 3. The number of ether oxygens (including phenoxy) is 1. The van der Waals surface area contributed by atoms with Crippen molar-refractivity contribution in [3.8, 4) is 5.75 Å². The molecule has 0 bridgehead atoms. The summed E-state index contributed by atoms with van der Waals surface area (Å²) in [7, 11) is 1.53. The summed E-state index contributed by atoms with van der Waals surface area (Å²) in [5, 5.41) is 10.3. The number of hydrogen-bond acceptors (Lipinski definition) is 3. The SMILES string of the molecule is COc1cccc(Cl)c1[C@@H](O)[C@H](C)N. The van der Waals surface area contributed by atoms with Crippen LogP contribution in [0.2, 0.25) is 5.02 Å². The Kier molecular flexibility index (Phi) is 3.75. The molecule has 2 atom stereocenters. The first-order chi connectivity index (χ1) is 6.57. The topological polar surface area (TPSA) is 55.5 Å². The van der Waals surface area contributed by atoms with Crippen molar-refractivity contribution in [2.75, 3.05) is 7.11 Å². The van der Waals surface area contributed by atoms with Gasteiger partial charge in [0.05, 0.1) is 18.2 Å². The molecule has 14 heavy (non-hydrogen) atoms. The quantitative estimate of drug-likeness (QED) is 0.808. The van der Waals surface area contributed by atoms with Gasteiger partial charge in [-0.05, 0) is 19.1 Å². The molecule has 0 aliphatic rings. The average Bonchev–Trinajstić information content (AvgIpc) is 2.16. The van der Waals surface area contributed by atoms with Crippen LogP contribution < -0.4 is 10.5 Å². The largest absolute Gasteiger partial charge is 0.496 e. The Hall–Kier alpha value is -0.770. The zero-order chi connectivity index (χ0) is 10.7. The fourth-order valence-corrected chi connectivity index (χ4v) is 1.52. The van der Waals surface area contributed by atoms with Crippen LogP contribution in [-0.4, -0.2) is 18.3 Å². The first-order valence-electron chi connectivity index (χ1n) is 4.34. The number of aliphatic hydroxyl groups is 1. The molecule has 0 aliphatic heterocycles. The van der Waals surface area contributed by atoms with Gasteiger partial charge in [-0.1, -0.05) is 17.7 Å². The average molecular weight is 216 g/mol. The third-order valence-corrected chi connectivity index (χ3v) is 2.36.